The monoisotopic (exact) mass is 412 g/mol. The highest BCUT2D eigenvalue weighted by Crippen LogP contribution is 2.31. The van der Waals surface area contributed by atoms with Gasteiger partial charge >= 0.3 is 0 Å². The van der Waals surface area contributed by atoms with E-state index in [0.717, 1.165) is 38.8 Å². The Labute approximate surface area is 158 Å². The van der Waals surface area contributed by atoms with Gasteiger partial charge in [0, 0.05) is 39.4 Å². The van der Waals surface area contributed by atoms with Crippen LogP contribution < -0.4 is 0 Å². The van der Waals surface area contributed by atoms with Crippen LogP contribution >= 0.6 is 27.7 Å². The van der Waals surface area contributed by atoms with Crippen LogP contribution in [0.1, 0.15) is 12.5 Å². The molecule has 6 heteroatoms. The molecule has 4 rings (SSSR count). The van der Waals surface area contributed by atoms with Gasteiger partial charge in [0.15, 0.2) is 11.0 Å². The summed E-state index contributed by atoms with van der Waals surface area (Å²) in [7, 11) is 0. The SMILES string of the molecule is CCn1c(SCc2ccc(Br)cc2)nnc1-c1c[nH]c2ccccc12. The lowest BCUT2D eigenvalue weighted by atomic mass is 10.1. The number of thioether (sulfide) groups is 1. The van der Waals surface area contributed by atoms with Crippen LogP contribution in [-0.4, -0.2) is 19.7 Å². The Hall–Kier alpha value is -2.05. The van der Waals surface area contributed by atoms with E-state index in [9.17, 15) is 0 Å². The van der Waals surface area contributed by atoms with Crippen LogP contribution in [0.25, 0.3) is 22.3 Å². The van der Waals surface area contributed by atoms with Gasteiger partial charge in [-0.25, -0.2) is 0 Å². The summed E-state index contributed by atoms with van der Waals surface area (Å²) in [5.74, 6) is 1.79. The maximum atomic E-state index is 4.47. The van der Waals surface area contributed by atoms with Crippen LogP contribution in [0.15, 0.2) is 64.4 Å². The number of hydrogen-bond donors (Lipinski definition) is 1. The Bertz CT molecular complexity index is 1000. The van der Waals surface area contributed by atoms with Gasteiger partial charge in [-0.2, -0.15) is 0 Å². The molecule has 0 radical (unpaired) electrons. The molecule has 0 bridgehead atoms. The molecule has 1 N–H and O–H groups in total. The van der Waals surface area contributed by atoms with E-state index in [1.807, 2.05) is 12.3 Å². The third-order valence-electron chi connectivity index (χ3n) is 4.14. The second-order valence-corrected chi connectivity index (χ2v) is 7.57. The second kappa shape index (κ2) is 7.06. The summed E-state index contributed by atoms with van der Waals surface area (Å²) in [5.41, 5.74) is 3.49. The number of fused-ring (bicyclic) bond motifs is 1. The minimum Gasteiger partial charge on any atom is -0.360 e. The maximum Gasteiger partial charge on any atom is 0.191 e. The topological polar surface area (TPSA) is 46.5 Å². The van der Waals surface area contributed by atoms with Crippen molar-refractivity contribution in [1.82, 2.24) is 19.7 Å². The van der Waals surface area contributed by atoms with Gasteiger partial charge in [-0.1, -0.05) is 58.0 Å². The van der Waals surface area contributed by atoms with Crippen molar-refractivity contribution in [1.29, 1.82) is 0 Å². The molecule has 4 nitrogen and oxygen atoms in total. The van der Waals surface area contributed by atoms with Crippen LogP contribution in [0, 0.1) is 0 Å². The first-order valence-electron chi connectivity index (χ1n) is 8.13. The molecular formula is C19H17BrN4S. The first-order chi connectivity index (χ1) is 12.3. The van der Waals surface area contributed by atoms with Gasteiger partial charge in [-0.15, -0.1) is 10.2 Å². The van der Waals surface area contributed by atoms with E-state index >= 15 is 0 Å². The maximum absolute atomic E-state index is 4.47. The van der Waals surface area contributed by atoms with Crippen LogP contribution in [0.5, 0.6) is 0 Å². The molecule has 0 aliphatic heterocycles. The van der Waals surface area contributed by atoms with Crippen molar-refractivity contribution >= 4 is 38.6 Å². The zero-order chi connectivity index (χ0) is 17.2. The van der Waals surface area contributed by atoms with Gasteiger partial charge in [0.25, 0.3) is 0 Å². The van der Waals surface area contributed by atoms with Gasteiger partial charge in [0.2, 0.25) is 0 Å². The molecule has 2 aromatic carbocycles. The molecule has 0 fully saturated rings. The summed E-state index contributed by atoms with van der Waals surface area (Å²) in [6.45, 7) is 2.97. The normalized spacial score (nSPS) is 11.3. The minimum atomic E-state index is 0.838. The Morgan fingerprint density at radius 1 is 1.08 bits per heavy atom. The van der Waals surface area contributed by atoms with Crippen LogP contribution in [0.4, 0.5) is 0 Å². The molecule has 0 unspecified atom stereocenters. The van der Waals surface area contributed by atoms with Crippen LogP contribution in [0.3, 0.4) is 0 Å². The lowest BCUT2D eigenvalue weighted by Gasteiger charge is -2.07. The summed E-state index contributed by atoms with van der Waals surface area (Å²) in [5, 5.41) is 11.0. The lowest BCUT2D eigenvalue weighted by molar-refractivity contribution is 0.687. The smallest absolute Gasteiger partial charge is 0.191 e. The summed E-state index contributed by atoms with van der Waals surface area (Å²) in [6.07, 6.45) is 2.02. The summed E-state index contributed by atoms with van der Waals surface area (Å²) >= 11 is 5.19. The predicted octanol–water partition coefficient (Wildman–Crippen LogP) is 5.50. The third kappa shape index (κ3) is 3.24. The standard InChI is InChI=1S/C19H17BrN4S/c1-2-24-18(16-11-21-17-6-4-3-5-15(16)17)22-23-19(24)25-12-13-7-9-14(20)10-8-13/h3-11,21H,2,12H2,1H3. The van der Waals surface area contributed by atoms with Gasteiger partial charge in [0.05, 0.1) is 0 Å². The molecule has 0 aliphatic rings. The Morgan fingerprint density at radius 3 is 2.68 bits per heavy atom. The number of para-hydroxylation sites is 1. The fourth-order valence-electron chi connectivity index (χ4n) is 2.86. The van der Waals surface area contributed by atoms with E-state index in [1.54, 1.807) is 11.8 Å². The number of aromatic amines is 1. The molecule has 0 saturated carbocycles. The van der Waals surface area contributed by atoms with E-state index in [-0.39, 0.29) is 0 Å². The highest BCUT2D eigenvalue weighted by Gasteiger charge is 2.16. The van der Waals surface area contributed by atoms with Crippen LogP contribution in [-0.2, 0) is 12.3 Å². The van der Waals surface area contributed by atoms with E-state index in [1.165, 1.54) is 10.9 Å². The zero-order valence-corrected chi connectivity index (χ0v) is 16.1. The molecule has 4 aromatic rings. The number of halogens is 1. The fourth-order valence-corrected chi connectivity index (χ4v) is 4.09. The Kier molecular flexibility index (Phi) is 4.63. The fraction of sp³-hybridized carbons (Fsp3) is 0.158. The number of H-pyrrole nitrogens is 1. The van der Waals surface area contributed by atoms with E-state index in [2.05, 4.69) is 85.1 Å². The average Bonchev–Trinajstić information content (AvgIpc) is 3.24. The lowest BCUT2D eigenvalue weighted by Crippen LogP contribution is -1.99. The molecule has 2 aromatic heterocycles. The number of nitrogens with one attached hydrogen (secondary N) is 1. The molecule has 0 amide bonds. The minimum absolute atomic E-state index is 0.838. The van der Waals surface area contributed by atoms with Crippen molar-refractivity contribution in [3.8, 4) is 11.4 Å². The Balaban J connectivity index is 1.64. The van der Waals surface area contributed by atoms with Crippen molar-refractivity contribution in [3.63, 3.8) is 0 Å². The van der Waals surface area contributed by atoms with Gasteiger partial charge in [0.1, 0.15) is 0 Å². The molecule has 126 valence electrons. The van der Waals surface area contributed by atoms with E-state index in [4.69, 9.17) is 0 Å². The summed E-state index contributed by atoms with van der Waals surface area (Å²) < 4.78 is 3.28. The van der Waals surface area contributed by atoms with Gasteiger partial charge in [-0.3, -0.25) is 0 Å². The number of benzene rings is 2. The Morgan fingerprint density at radius 2 is 1.88 bits per heavy atom. The van der Waals surface area contributed by atoms with Crippen molar-refractivity contribution < 1.29 is 0 Å². The second-order valence-electron chi connectivity index (χ2n) is 5.71. The highest BCUT2D eigenvalue weighted by molar-refractivity contribution is 9.10. The molecule has 0 saturated heterocycles. The van der Waals surface area contributed by atoms with Gasteiger partial charge in [-0.05, 0) is 30.7 Å². The zero-order valence-electron chi connectivity index (χ0n) is 13.7. The van der Waals surface area contributed by atoms with Crippen molar-refractivity contribution in [2.45, 2.75) is 24.4 Å². The van der Waals surface area contributed by atoms with Crippen molar-refractivity contribution in [3.05, 3.63) is 64.8 Å². The average molecular weight is 413 g/mol. The number of hydrogen-bond acceptors (Lipinski definition) is 3. The predicted molar refractivity (Wildman–Crippen MR) is 107 cm³/mol. The van der Waals surface area contributed by atoms with E-state index in [0.29, 0.717) is 0 Å². The molecule has 0 atom stereocenters. The largest absolute Gasteiger partial charge is 0.360 e. The number of aromatic nitrogens is 4. The summed E-state index contributed by atoms with van der Waals surface area (Å²) in [6, 6.07) is 16.7. The first kappa shape index (κ1) is 16.4. The van der Waals surface area contributed by atoms with Gasteiger partial charge < -0.3 is 9.55 Å². The summed E-state index contributed by atoms with van der Waals surface area (Å²) in [4.78, 5) is 3.32. The molecule has 2 heterocycles. The van der Waals surface area contributed by atoms with Crippen molar-refractivity contribution in [2.75, 3.05) is 0 Å². The third-order valence-corrected chi connectivity index (χ3v) is 5.71. The molecular weight excluding hydrogens is 396 g/mol. The number of rotatable bonds is 5. The van der Waals surface area contributed by atoms with E-state index < -0.39 is 0 Å². The van der Waals surface area contributed by atoms with Crippen LogP contribution in [0.2, 0.25) is 0 Å². The first-order valence-corrected chi connectivity index (χ1v) is 9.91. The number of nitrogens with zero attached hydrogens (tertiary/aromatic N) is 3. The molecule has 25 heavy (non-hydrogen) atoms. The molecule has 0 spiro atoms. The highest BCUT2D eigenvalue weighted by atomic mass is 79.9. The molecule has 0 aliphatic carbocycles. The van der Waals surface area contributed by atoms with Crippen molar-refractivity contribution in [2.24, 2.45) is 0 Å². The quantitative estimate of drug-likeness (QED) is 0.440.